The maximum atomic E-state index is 6.04. The van der Waals surface area contributed by atoms with Gasteiger partial charge in [-0.1, -0.05) is 53.4 Å². The van der Waals surface area contributed by atoms with Gasteiger partial charge in [0.1, 0.15) is 0 Å². The van der Waals surface area contributed by atoms with Crippen molar-refractivity contribution in [3.05, 3.63) is 0 Å². The van der Waals surface area contributed by atoms with Crippen LogP contribution in [-0.4, -0.2) is 29.8 Å². The van der Waals surface area contributed by atoms with Crippen molar-refractivity contribution >= 4 is 16.6 Å². The predicted molar refractivity (Wildman–Crippen MR) is 116 cm³/mol. The first-order chi connectivity index (χ1) is 11.2. The van der Waals surface area contributed by atoms with Crippen molar-refractivity contribution in [2.75, 3.05) is 13.2 Å². The van der Waals surface area contributed by atoms with Crippen molar-refractivity contribution < 1.29 is 8.85 Å². The van der Waals surface area contributed by atoms with Crippen molar-refractivity contribution in [2.24, 2.45) is 0 Å². The van der Waals surface area contributed by atoms with Crippen molar-refractivity contribution in [2.45, 2.75) is 97.1 Å². The highest BCUT2D eigenvalue weighted by Crippen LogP contribution is 2.37. The van der Waals surface area contributed by atoms with E-state index < -0.39 is 16.6 Å². The van der Waals surface area contributed by atoms with Gasteiger partial charge in [-0.2, -0.15) is 0 Å². The van der Waals surface area contributed by atoms with Crippen LogP contribution in [0.15, 0.2) is 0 Å². The highest BCUT2D eigenvalue weighted by molar-refractivity contribution is 6.74. The Hall–Kier alpha value is -0.526. The molecule has 0 saturated carbocycles. The molecular formula is C21H40O2Si2. The summed E-state index contributed by atoms with van der Waals surface area (Å²) in [6.07, 6.45) is 2.79. The molecule has 0 aliphatic rings. The van der Waals surface area contributed by atoms with Gasteiger partial charge in [-0.15, -0.1) is 11.8 Å². The molecule has 0 aromatic rings. The summed E-state index contributed by atoms with van der Waals surface area (Å²) >= 11 is 0. The minimum Gasteiger partial charge on any atom is -0.406 e. The highest BCUT2D eigenvalue weighted by atomic mass is 28.4. The summed E-state index contributed by atoms with van der Waals surface area (Å²) in [4.78, 5) is 0. The predicted octanol–water partition coefficient (Wildman–Crippen LogP) is 6.21. The maximum absolute atomic E-state index is 6.04. The van der Waals surface area contributed by atoms with Crippen LogP contribution in [0.25, 0.3) is 0 Å². The molecule has 0 saturated heterocycles. The second-order valence-electron chi connectivity index (χ2n) is 9.66. The zero-order valence-electron chi connectivity index (χ0n) is 18.4. The molecule has 0 aliphatic carbocycles. The summed E-state index contributed by atoms with van der Waals surface area (Å²) in [6, 6.07) is 0. The lowest BCUT2D eigenvalue weighted by Gasteiger charge is -2.35. The minimum atomic E-state index is -1.66. The summed E-state index contributed by atoms with van der Waals surface area (Å²) in [6.45, 7) is 23.7. The van der Waals surface area contributed by atoms with Crippen LogP contribution in [0.1, 0.15) is 60.8 Å². The van der Waals surface area contributed by atoms with Crippen LogP contribution >= 0.6 is 0 Å². The van der Waals surface area contributed by atoms with Crippen LogP contribution in [0.4, 0.5) is 0 Å². The first kappa shape index (κ1) is 24.5. The summed E-state index contributed by atoms with van der Waals surface area (Å²) in [5, 5.41) is 0.494. The molecule has 25 heavy (non-hydrogen) atoms. The van der Waals surface area contributed by atoms with E-state index in [9.17, 15) is 0 Å². The Morgan fingerprint density at radius 3 is 1.20 bits per heavy atom. The van der Waals surface area contributed by atoms with E-state index in [-0.39, 0.29) is 10.1 Å². The second-order valence-corrected chi connectivity index (χ2v) is 19.3. The van der Waals surface area contributed by atoms with E-state index >= 15 is 0 Å². The topological polar surface area (TPSA) is 18.5 Å². The average Bonchev–Trinajstić information content (AvgIpc) is 2.42. The van der Waals surface area contributed by atoms with Gasteiger partial charge in [-0.05, 0) is 42.7 Å². The van der Waals surface area contributed by atoms with Crippen molar-refractivity contribution in [1.82, 2.24) is 0 Å². The smallest absolute Gasteiger partial charge is 0.193 e. The second kappa shape index (κ2) is 9.98. The molecule has 0 spiro atoms. The molecule has 0 N–H and O–H groups in total. The molecule has 0 aromatic carbocycles. The molecule has 0 radical (unpaired) electrons. The van der Waals surface area contributed by atoms with E-state index in [4.69, 9.17) is 8.85 Å². The zero-order chi connectivity index (χ0) is 19.8. The summed E-state index contributed by atoms with van der Waals surface area (Å²) in [7, 11) is -3.32. The normalized spacial score (nSPS) is 12.9. The lowest BCUT2D eigenvalue weighted by Crippen LogP contribution is -2.40. The quantitative estimate of drug-likeness (QED) is 0.310. The first-order valence-corrected chi connectivity index (χ1v) is 15.2. The van der Waals surface area contributed by atoms with Gasteiger partial charge in [-0.3, -0.25) is 0 Å². The number of hydrogen-bond acceptors (Lipinski definition) is 2. The van der Waals surface area contributed by atoms with Crippen LogP contribution in [-0.2, 0) is 8.85 Å². The fourth-order valence-corrected chi connectivity index (χ4v) is 3.14. The summed E-state index contributed by atoms with van der Waals surface area (Å²) in [5.41, 5.74) is 0. The van der Waals surface area contributed by atoms with Crippen molar-refractivity contribution in [1.29, 1.82) is 0 Å². The lowest BCUT2D eigenvalue weighted by molar-refractivity contribution is 0.334. The Kier molecular flexibility index (Phi) is 9.77. The van der Waals surface area contributed by atoms with Crippen molar-refractivity contribution in [3.8, 4) is 23.7 Å². The molecule has 0 fully saturated rings. The Balaban J connectivity index is 3.94. The monoisotopic (exact) mass is 380 g/mol. The van der Waals surface area contributed by atoms with Gasteiger partial charge in [0, 0.05) is 12.8 Å². The summed E-state index contributed by atoms with van der Waals surface area (Å²) in [5.74, 6) is 12.7. The molecule has 0 aliphatic heterocycles. The third-order valence-corrected chi connectivity index (χ3v) is 14.4. The third kappa shape index (κ3) is 9.66. The molecule has 0 atom stereocenters. The number of hydrogen-bond donors (Lipinski definition) is 0. The Bertz CT molecular complexity index is 467. The molecule has 0 aromatic heterocycles. The Morgan fingerprint density at radius 2 is 0.920 bits per heavy atom. The van der Waals surface area contributed by atoms with Crippen LogP contribution in [0.2, 0.25) is 36.3 Å². The van der Waals surface area contributed by atoms with Gasteiger partial charge in [0.25, 0.3) is 0 Å². The molecule has 2 nitrogen and oxygen atoms in total. The van der Waals surface area contributed by atoms with E-state index in [2.05, 4.69) is 91.4 Å². The Labute approximate surface area is 159 Å². The van der Waals surface area contributed by atoms with E-state index in [0.29, 0.717) is 13.2 Å². The average molecular weight is 381 g/mol. The van der Waals surface area contributed by atoms with Gasteiger partial charge in [0.15, 0.2) is 16.6 Å². The van der Waals surface area contributed by atoms with Gasteiger partial charge in [-0.25, -0.2) is 0 Å². The van der Waals surface area contributed by atoms with Crippen LogP contribution in [0, 0.1) is 23.7 Å². The molecule has 0 rings (SSSR count). The fourth-order valence-electron chi connectivity index (χ4n) is 1.41. The number of unbranched alkanes of at least 4 members (excludes halogenated alkanes) is 2. The van der Waals surface area contributed by atoms with Gasteiger partial charge >= 0.3 is 0 Å². The molecule has 0 amide bonds. The number of rotatable bonds is 6. The van der Waals surface area contributed by atoms with E-state index in [1.807, 2.05) is 0 Å². The highest BCUT2D eigenvalue weighted by Gasteiger charge is 2.37. The van der Waals surface area contributed by atoms with Gasteiger partial charge < -0.3 is 8.85 Å². The minimum absolute atomic E-state index is 0.247. The van der Waals surface area contributed by atoms with E-state index in [1.54, 1.807) is 0 Å². The Morgan fingerprint density at radius 1 is 0.600 bits per heavy atom. The van der Waals surface area contributed by atoms with Crippen LogP contribution in [0.5, 0.6) is 0 Å². The third-order valence-electron chi connectivity index (χ3n) is 5.48. The summed E-state index contributed by atoms with van der Waals surface area (Å²) < 4.78 is 12.1. The standard InChI is InChI=1S/C21H40O2Si2/c1-20(2,3)24(7,8)22-18-16-14-12-11-13-15-17-19-23-25(9,10)21(4,5)6/h11-13,18-19H2,1-10H3. The molecule has 4 heteroatoms. The van der Waals surface area contributed by atoms with Crippen LogP contribution in [0.3, 0.4) is 0 Å². The SMILES string of the molecule is CC(C)(C)[Si](C)(C)OCC#CCCCC#CCO[Si](C)(C)C(C)(C)C. The maximum Gasteiger partial charge on any atom is 0.193 e. The van der Waals surface area contributed by atoms with Crippen LogP contribution < -0.4 is 0 Å². The van der Waals surface area contributed by atoms with Crippen molar-refractivity contribution in [3.63, 3.8) is 0 Å². The lowest BCUT2D eigenvalue weighted by atomic mass is 10.2. The molecule has 0 unspecified atom stereocenters. The molecule has 0 heterocycles. The van der Waals surface area contributed by atoms with E-state index in [0.717, 1.165) is 19.3 Å². The largest absolute Gasteiger partial charge is 0.406 e. The molecule has 144 valence electrons. The first-order valence-electron chi connectivity index (χ1n) is 9.40. The van der Waals surface area contributed by atoms with Gasteiger partial charge in [0.2, 0.25) is 0 Å². The van der Waals surface area contributed by atoms with E-state index in [1.165, 1.54) is 0 Å². The molecule has 0 bridgehead atoms. The fraction of sp³-hybridized carbons (Fsp3) is 0.810. The van der Waals surface area contributed by atoms with Gasteiger partial charge in [0.05, 0.1) is 13.2 Å². The zero-order valence-corrected chi connectivity index (χ0v) is 20.4. The molecular weight excluding hydrogens is 340 g/mol.